The van der Waals surface area contributed by atoms with Crippen LogP contribution < -0.4 is 0 Å². The van der Waals surface area contributed by atoms with Gasteiger partial charge in [-0.05, 0) is 51.2 Å². The van der Waals surface area contributed by atoms with Gasteiger partial charge in [-0.15, -0.1) is 10.2 Å². The number of nitrogens with zero attached hydrogens (tertiary/aromatic N) is 5. The van der Waals surface area contributed by atoms with Crippen molar-refractivity contribution in [3.8, 4) is 11.4 Å². The van der Waals surface area contributed by atoms with Crippen molar-refractivity contribution in [2.24, 2.45) is 0 Å². The SMILES string of the molecule is C[C@H]1CCCCN1C(=O)CSc1nnc(-c2ccncc2)n1C1CC1. The molecule has 1 aliphatic heterocycles. The van der Waals surface area contributed by atoms with Crippen molar-refractivity contribution < 1.29 is 4.79 Å². The highest BCUT2D eigenvalue weighted by Gasteiger charge is 2.31. The molecule has 2 fully saturated rings. The third-order valence-electron chi connectivity index (χ3n) is 4.96. The van der Waals surface area contributed by atoms with Crippen LogP contribution in [-0.4, -0.2) is 48.9 Å². The Labute approximate surface area is 152 Å². The number of thioether (sulfide) groups is 1. The summed E-state index contributed by atoms with van der Waals surface area (Å²) in [6.45, 7) is 3.04. The van der Waals surface area contributed by atoms with Gasteiger partial charge in [0.1, 0.15) is 0 Å². The molecule has 1 amide bonds. The maximum Gasteiger partial charge on any atom is 0.233 e. The molecular weight excluding hydrogens is 334 g/mol. The third-order valence-corrected chi connectivity index (χ3v) is 5.89. The average Bonchev–Trinajstić information content (AvgIpc) is 3.40. The van der Waals surface area contributed by atoms with Crippen LogP contribution in [0.25, 0.3) is 11.4 Å². The summed E-state index contributed by atoms with van der Waals surface area (Å²) in [5.41, 5.74) is 1.03. The highest BCUT2D eigenvalue weighted by Crippen LogP contribution is 2.41. The number of aromatic nitrogens is 4. The van der Waals surface area contributed by atoms with E-state index in [1.165, 1.54) is 18.2 Å². The third kappa shape index (κ3) is 3.56. The molecule has 0 spiro atoms. The molecule has 0 aromatic carbocycles. The Morgan fingerprint density at radius 2 is 2.00 bits per heavy atom. The number of hydrogen-bond acceptors (Lipinski definition) is 5. The van der Waals surface area contributed by atoms with E-state index < -0.39 is 0 Å². The largest absolute Gasteiger partial charge is 0.339 e. The van der Waals surface area contributed by atoms with Gasteiger partial charge in [0.25, 0.3) is 0 Å². The summed E-state index contributed by atoms with van der Waals surface area (Å²) >= 11 is 1.52. The van der Waals surface area contributed by atoms with Crippen LogP contribution in [0.1, 0.15) is 45.1 Å². The van der Waals surface area contributed by atoms with E-state index in [9.17, 15) is 4.79 Å². The predicted octanol–water partition coefficient (Wildman–Crippen LogP) is 3.17. The minimum atomic E-state index is 0.216. The fourth-order valence-electron chi connectivity index (χ4n) is 3.41. The number of pyridine rings is 1. The quantitative estimate of drug-likeness (QED) is 0.769. The first-order chi connectivity index (χ1) is 12.2. The Balaban J connectivity index is 1.49. The van der Waals surface area contributed by atoms with Gasteiger partial charge in [0, 0.05) is 36.6 Å². The van der Waals surface area contributed by atoms with E-state index in [1.807, 2.05) is 17.0 Å². The number of carbonyl (C=O) groups excluding carboxylic acids is 1. The van der Waals surface area contributed by atoms with Crippen molar-refractivity contribution in [2.75, 3.05) is 12.3 Å². The van der Waals surface area contributed by atoms with Gasteiger partial charge in [0.2, 0.25) is 5.91 Å². The molecule has 3 heterocycles. The van der Waals surface area contributed by atoms with Gasteiger partial charge >= 0.3 is 0 Å². The smallest absolute Gasteiger partial charge is 0.233 e. The second-order valence-electron chi connectivity index (χ2n) is 6.86. The summed E-state index contributed by atoms with van der Waals surface area (Å²) in [7, 11) is 0. The van der Waals surface area contributed by atoms with Crippen LogP contribution in [0, 0.1) is 0 Å². The van der Waals surface area contributed by atoms with Gasteiger partial charge in [-0.1, -0.05) is 11.8 Å². The summed E-state index contributed by atoms with van der Waals surface area (Å²) in [5, 5.41) is 9.62. The molecule has 1 aliphatic carbocycles. The summed E-state index contributed by atoms with van der Waals surface area (Å²) in [6, 6.07) is 4.73. The lowest BCUT2D eigenvalue weighted by atomic mass is 10.0. The fourth-order valence-corrected chi connectivity index (χ4v) is 4.30. The van der Waals surface area contributed by atoms with E-state index in [1.54, 1.807) is 12.4 Å². The Bertz CT molecular complexity index is 743. The number of likely N-dealkylation sites (tertiary alicyclic amines) is 1. The number of hydrogen-bond donors (Lipinski definition) is 0. The minimum absolute atomic E-state index is 0.216. The van der Waals surface area contributed by atoms with Gasteiger partial charge in [-0.3, -0.25) is 14.3 Å². The van der Waals surface area contributed by atoms with E-state index in [0.717, 1.165) is 48.8 Å². The molecule has 0 N–H and O–H groups in total. The van der Waals surface area contributed by atoms with Crippen molar-refractivity contribution in [1.82, 2.24) is 24.6 Å². The van der Waals surface area contributed by atoms with Crippen LogP contribution >= 0.6 is 11.8 Å². The Morgan fingerprint density at radius 3 is 2.72 bits per heavy atom. The zero-order valence-corrected chi connectivity index (χ0v) is 15.3. The Kier molecular flexibility index (Phi) is 4.74. The maximum absolute atomic E-state index is 12.6. The van der Waals surface area contributed by atoms with Crippen molar-refractivity contribution >= 4 is 17.7 Å². The molecule has 132 valence electrons. The molecule has 0 radical (unpaired) electrons. The first kappa shape index (κ1) is 16.6. The molecule has 25 heavy (non-hydrogen) atoms. The molecule has 4 rings (SSSR count). The van der Waals surface area contributed by atoms with Crippen LogP contribution in [0.4, 0.5) is 0 Å². The fraction of sp³-hybridized carbons (Fsp3) is 0.556. The molecule has 7 heteroatoms. The molecule has 6 nitrogen and oxygen atoms in total. The van der Waals surface area contributed by atoms with Gasteiger partial charge in [-0.25, -0.2) is 0 Å². The van der Waals surface area contributed by atoms with Crippen LogP contribution in [0.3, 0.4) is 0 Å². The molecule has 0 bridgehead atoms. The maximum atomic E-state index is 12.6. The summed E-state index contributed by atoms with van der Waals surface area (Å²) in [5.74, 6) is 1.53. The van der Waals surface area contributed by atoms with Crippen LogP contribution in [-0.2, 0) is 4.79 Å². The van der Waals surface area contributed by atoms with Crippen molar-refractivity contribution in [3.63, 3.8) is 0 Å². The molecule has 2 aromatic heterocycles. The molecule has 2 aliphatic rings. The topological polar surface area (TPSA) is 63.9 Å². The van der Waals surface area contributed by atoms with Crippen molar-refractivity contribution in [1.29, 1.82) is 0 Å². The van der Waals surface area contributed by atoms with Crippen LogP contribution in [0.5, 0.6) is 0 Å². The second-order valence-corrected chi connectivity index (χ2v) is 7.81. The zero-order valence-electron chi connectivity index (χ0n) is 14.5. The molecular formula is C18H23N5OS. The van der Waals surface area contributed by atoms with E-state index >= 15 is 0 Å². The van der Waals surface area contributed by atoms with Crippen LogP contribution in [0.2, 0.25) is 0 Å². The lowest BCUT2D eigenvalue weighted by Crippen LogP contribution is -2.43. The van der Waals surface area contributed by atoms with E-state index in [0.29, 0.717) is 17.8 Å². The number of rotatable bonds is 5. The van der Waals surface area contributed by atoms with E-state index in [4.69, 9.17) is 0 Å². The number of carbonyl (C=O) groups is 1. The second kappa shape index (κ2) is 7.15. The summed E-state index contributed by atoms with van der Waals surface area (Å²) in [4.78, 5) is 18.7. The minimum Gasteiger partial charge on any atom is -0.339 e. The monoisotopic (exact) mass is 357 g/mol. The highest BCUT2D eigenvalue weighted by atomic mass is 32.2. The average molecular weight is 357 g/mol. The predicted molar refractivity (Wildman–Crippen MR) is 97.3 cm³/mol. The lowest BCUT2D eigenvalue weighted by Gasteiger charge is -2.33. The lowest BCUT2D eigenvalue weighted by molar-refractivity contribution is -0.131. The summed E-state index contributed by atoms with van der Waals surface area (Å²) in [6.07, 6.45) is 9.31. The van der Waals surface area contributed by atoms with Gasteiger partial charge in [-0.2, -0.15) is 0 Å². The molecule has 0 unspecified atom stereocenters. The zero-order chi connectivity index (χ0) is 17.2. The number of piperidine rings is 1. The Morgan fingerprint density at radius 1 is 1.20 bits per heavy atom. The summed E-state index contributed by atoms with van der Waals surface area (Å²) < 4.78 is 2.20. The van der Waals surface area contributed by atoms with Gasteiger partial charge < -0.3 is 4.90 Å². The van der Waals surface area contributed by atoms with E-state index in [-0.39, 0.29) is 5.91 Å². The first-order valence-corrected chi connectivity index (χ1v) is 10.00. The first-order valence-electron chi connectivity index (χ1n) is 9.01. The van der Waals surface area contributed by atoms with Crippen molar-refractivity contribution in [3.05, 3.63) is 24.5 Å². The van der Waals surface area contributed by atoms with Gasteiger partial charge in [0.05, 0.1) is 5.75 Å². The Hall–Kier alpha value is -1.89. The number of amides is 1. The normalized spacial score (nSPS) is 20.7. The molecule has 1 saturated heterocycles. The highest BCUT2D eigenvalue weighted by molar-refractivity contribution is 7.99. The standard InChI is InChI=1S/C18H23N5OS/c1-13-4-2-3-11-22(13)16(24)12-25-18-21-20-17(23(18)15-5-6-15)14-7-9-19-10-8-14/h7-10,13,15H,2-6,11-12H2,1H3/t13-/m0/s1. The van der Waals surface area contributed by atoms with Crippen LogP contribution in [0.15, 0.2) is 29.7 Å². The van der Waals surface area contributed by atoms with E-state index in [2.05, 4.69) is 26.7 Å². The molecule has 1 atom stereocenters. The molecule has 1 saturated carbocycles. The van der Waals surface area contributed by atoms with Crippen molar-refractivity contribution in [2.45, 2.75) is 56.3 Å². The van der Waals surface area contributed by atoms with Gasteiger partial charge in [0.15, 0.2) is 11.0 Å². The molecule has 2 aromatic rings.